The van der Waals surface area contributed by atoms with Gasteiger partial charge in [-0.05, 0) is 12.1 Å². The van der Waals surface area contributed by atoms with E-state index >= 15 is 0 Å². The highest BCUT2D eigenvalue weighted by molar-refractivity contribution is 5.94. The van der Waals surface area contributed by atoms with Crippen molar-refractivity contribution in [3.05, 3.63) is 35.9 Å². The molecule has 0 aromatic heterocycles. The Bertz CT molecular complexity index is 357. The van der Waals surface area contributed by atoms with Gasteiger partial charge in [-0.3, -0.25) is 9.59 Å². The Labute approximate surface area is 106 Å². The van der Waals surface area contributed by atoms with Crippen molar-refractivity contribution in [2.24, 2.45) is 5.73 Å². The van der Waals surface area contributed by atoms with Crippen LogP contribution < -0.4 is 16.4 Å². The van der Waals surface area contributed by atoms with Gasteiger partial charge in [0, 0.05) is 18.7 Å². The summed E-state index contributed by atoms with van der Waals surface area (Å²) in [6.07, 6.45) is 0. The molecular weight excluding hydrogens is 242 g/mol. The quantitative estimate of drug-likeness (QED) is 0.645. The Morgan fingerprint density at radius 2 is 1.65 bits per heavy atom. The smallest absolute Gasteiger partial charge is 0.251 e. The molecule has 0 bridgehead atoms. The van der Waals surface area contributed by atoms with Crippen molar-refractivity contribution in [2.45, 2.75) is 0 Å². The van der Waals surface area contributed by atoms with Crippen molar-refractivity contribution in [1.29, 1.82) is 0 Å². The number of hydrogen-bond donors (Lipinski definition) is 3. The highest BCUT2D eigenvalue weighted by atomic mass is 35.5. The van der Waals surface area contributed by atoms with Crippen LogP contribution in [0.4, 0.5) is 0 Å². The monoisotopic (exact) mass is 257 g/mol. The van der Waals surface area contributed by atoms with Gasteiger partial charge in [0.25, 0.3) is 5.91 Å². The molecule has 1 aromatic carbocycles. The maximum absolute atomic E-state index is 11.5. The largest absolute Gasteiger partial charge is 0.353 e. The molecule has 0 saturated heterocycles. The molecule has 4 N–H and O–H groups in total. The minimum Gasteiger partial charge on any atom is -0.353 e. The van der Waals surface area contributed by atoms with Gasteiger partial charge < -0.3 is 16.4 Å². The fraction of sp³-hybridized carbons (Fsp3) is 0.273. The van der Waals surface area contributed by atoms with E-state index in [4.69, 9.17) is 5.73 Å². The lowest BCUT2D eigenvalue weighted by Crippen LogP contribution is -2.37. The average Bonchev–Trinajstić information content (AvgIpc) is 2.35. The molecule has 0 saturated carbocycles. The number of rotatable bonds is 5. The number of amides is 2. The van der Waals surface area contributed by atoms with Crippen LogP contribution in [-0.4, -0.2) is 31.4 Å². The Balaban J connectivity index is 0.00000256. The fourth-order valence-corrected chi connectivity index (χ4v) is 1.14. The minimum atomic E-state index is -0.228. The summed E-state index contributed by atoms with van der Waals surface area (Å²) in [6, 6.07) is 8.90. The van der Waals surface area contributed by atoms with Gasteiger partial charge in [0.2, 0.25) is 5.91 Å². The molecule has 1 rings (SSSR count). The molecule has 0 spiro atoms. The molecule has 0 aliphatic carbocycles. The zero-order valence-electron chi connectivity index (χ0n) is 9.31. The number of nitrogens with one attached hydrogen (secondary N) is 2. The highest BCUT2D eigenvalue weighted by Crippen LogP contribution is 1.96. The maximum Gasteiger partial charge on any atom is 0.251 e. The molecule has 6 heteroatoms. The van der Waals surface area contributed by atoms with Gasteiger partial charge in [0.1, 0.15) is 0 Å². The van der Waals surface area contributed by atoms with Gasteiger partial charge >= 0.3 is 0 Å². The van der Waals surface area contributed by atoms with E-state index in [2.05, 4.69) is 10.6 Å². The van der Waals surface area contributed by atoms with Crippen molar-refractivity contribution in [3.63, 3.8) is 0 Å². The van der Waals surface area contributed by atoms with Crippen molar-refractivity contribution in [2.75, 3.05) is 19.6 Å². The molecule has 0 heterocycles. The zero-order chi connectivity index (χ0) is 11.8. The van der Waals surface area contributed by atoms with Crippen molar-refractivity contribution in [3.8, 4) is 0 Å². The number of halogens is 1. The Morgan fingerprint density at radius 1 is 1.06 bits per heavy atom. The molecule has 2 amide bonds. The van der Waals surface area contributed by atoms with Crippen LogP contribution in [0.15, 0.2) is 30.3 Å². The molecule has 0 unspecified atom stereocenters. The second-order valence-corrected chi connectivity index (χ2v) is 3.18. The first kappa shape index (κ1) is 15.4. The number of carbonyl (C=O) groups is 2. The molecule has 0 fully saturated rings. The fourth-order valence-electron chi connectivity index (χ4n) is 1.14. The third-order valence-corrected chi connectivity index (χ3v) is 1.95. The van der Waals surface area contributed by atoms with Crippen molar-refractivity contribution >= 4 is 24.2 Å². The SMILES string of the molecule is Cl.NCC(=O)NCCNC(=O)c1ccccc1. The van der Waals surface area contributed by atoms with Crippen LogP contribution in [-0.2, 0) is 4.79 Å². The summed E-state index contributed by atoms with van der Waals surface area (Å²) < 4.78 is 0. The molecule has 0 aliphatic heterocycles. The lowest BCUT2D eigenvalue weighted by atomic mass is 10.2. The van der Waals surface area contributed by atoms with Gasteiger partial charge in [0.05, 0.1) is 6.54 Å². The highest BCUT2D eigenvalue weighted by Gasteiger charge is 2.02. The first-order valence-corrected chi connectivity index (χ1v) is 5.04. The van der Waals surface area contributed by atoms with E-state index in [1.54, 1.807) is 24.3 Å². The van der Waals surface area contributed by atoms with Gasteiger partial charge in [0.15, 0.2) is 0 Å². The van der Waals surface area contributed by atoms with Gasteiger partial charge in [-0.2, -0.15) is 0 Å². The lowest BCUT2D eigenvalue weighted by molar-refractivity contribution is -0.119. The zero-order valence-corrected chi connectivity index (χ0v) is 10.1. The first-order chi connectivity index (χ1) is 7.74. The molecule has 5 nitrogen and oxygen atoms in total. The maximum atomic E-state index is 11.5. The van der Waals surface area contributed by atoms with Gasteiger partial charge in [-0.15, -0.1) is 12.4 Å². The molecule has 17 heavy (non-hydrogen) atoms. The van der Waals surface area contributed by atoms with E-state index in [9.17, 15) is 9.59 Å². The van der Waals surface area contributed by atoms with Gasteiger partial charge in [-0.1, -0.05) is 18.2 Å². The van der Waals surface area contributed by atoms with Gasteiger partial charge in [-0.25, -0.2) is 0 Å². The molecule has 1 aromatic rings. The van der Waals surface area contributed by atoms with Crippen LogP contribution in [0.3, 0.4) is 0 Å². The van der Waals surface area contributed by atoms with Crippen LogP contribution in [0, 0.1) is 0 Å². The third kappa shape index (κ3) is 5.89. The van der Waals surface area contributed by atoms with E-state index in [-0.39, 0.29) is 30.8 Å². The van der Waals surface area contributed by atoms with Crippen molar-refractivity contribution in [1.82, 2.24) is 10.6 Å². The van der Waals surface area contributed by atoms with Crippen LogP contribution >= 0.6 is 12.4 Å². The minimum absolute atomic E-state index is 0. The molecule has 94 valence electrons. The Morgan fingerprint density at radius 3 is 2.24 bits per heavy atom. The van der Waals surface area contributed by atoms with E-state index in [1.165, 1.54) is 0 Å². The Hall–Kier alpha value is -1.59. The molecule has 0 aliphatic rings. The van der Waals surface area contributed by atoms with Crippen molar-refractivity contribution < 1.29 is 9.59 Å². The summed E-state index contributed by atoms with van der Waals surface area (Å²) in [5.74, 6) is -0.378. The number of hydrogen-bond acceptors (Lipinski definition) is 3. The summed E-state index contributed by atoms with van der Waals surface area (Å²) in [5.41, 5.74) is 5.71. The summed E-state index contributed by atoms with van der Waals surface area (Å²) in [6.45, 7) is 0.737. The normalized spacial score (nSPS) is 9.00. The third-order valence-electron chi connectivity index (χ3n) is 1.95. The van der Waals surface area contributed by atoms with Crippen LogP contribution in [0.5, 0.6) is 0 Å². The average molecular weight is 258 g/mol. The first-order valence-electron chi connectivity index (χ1n) is 5.04. The lowest BCUT2D eigenvalue weighted by Gasteiger charge is -2.05. The predicted octanol–water partition coefficient (Wildman–Crippen LogP) is -0.0869. The number of carbonyl (C=O) groups excluding carboxylic acids is 2. The standard InChI is InChI=1S/C11H15N3O2.ClH/c12-8-10(15)13-6-7-14-11(16)9-4-2-1-3-5-9;/h1-5H,6-8,12H2,(H,13,15)(H,14,16);1H. The van der Waals surface area contributed by atoms with E-state index < -0.39 is 0 Å². The summed E-state index contributed by atoms with van der Waals surface area (Å²) in [5, 5.41) is 5.24. The van der Waals surface area contributed by atoms with E-state index in [1.807, 2.05) is 6.07 Å². The summed E-state index contributed by atoms with van der Waals surface area (Å²) in [7, 11) is 0. The van der Waals surface area contributed by atoms with E-state index in [0.29, 0.717) is 18.7 Å². The molecular formula is C11H16ClN3O2. The van der Waals surface area contributed by atoms with Crippen LogP contribution in [0.25, 0.3) is 0 Å². The van der Waals surface area contributed by atoms with E-state index in [0.717, 1.165) is 0 Å². The molecule has 0 radical (unpaired) electrons. The topological polar surface area (TPSA) is 84.2 Å². The second-order valence-electron chi connectivity index (χ2n) is 3.18. The predicted molar refractivity (Wildman–Crippen MR) is 68.1 cm³/mol. The Kier molecular flexibility index (Phi) is 7.75. The number of benzene rings is 1. The van der Waals surface area contributed by atoms with Crippen LogP contribution in [0.2, 0.25) is 0 Å². The summed E-state index contributed by atoms with van der Waals surface area (Å²) >= 11 is 0. The summed E-state index contributed by atoms with van der Waals surface area (Å²) in [4.78, 5) is 22.3. The number of nitrogens with two attached hydrogens (primary N) is 1. The van der Waals surface area contributed by atoms with Crippen LogP contribution in [0.1, 0.15) is 10.4 Å². The second kappa shape index (κ2) is 8.55. The molecule has 0 atom stereocenters.